The summed E-state index contributed by atoms with van der Waals surface area (Å²) >= 11 is 0. The van der Waals surface area contributed by atoms with Gasteiger partial charge in [-0.15, -0.1) is 0 Å². The number of amides is 1. The molecule has 1 saturated heterocycles. The number of fused-ring (bicyclic) bond motifs is 2. The minimum atomic E-state index is -0.291. The number of carbonyl (C=O) groups excluding carboxylic acids is 2. The number of para-hydroxylation sites is 1. The standard InChI is InChI=1S/C21H28N2O2/c1-15(24)13-16-9-12-23(14-16)17-7-10-21(11-8-17)18-5-3-4-6-19(18)22(2)20(21)25/h3-6,16-17H,7-14H2,1-2H3/t16-,17?,21?/m1/s1. The number of hydrogen-bond donors (Lipinski definition) is 0. The first-order valence-electron chi connectivity index (χ1n) is 9.62. The van der Waals surface area contributed by atoms with Gasteiger partial charge in [0.1, 0.15) is 5.78 Å². The topological polar surface area (TPSA) is 40.6 Å². The predicted octanol–water partition coefficient (Wildman–Crippen LogP) is 3.14. The van der Waals surface area contributed by atoms with Gasteiger partial charge in [-0.2, -0.15) is 0 Å². The molecule has 3 aliphatic rings. The van der Waals surface area contributed by atoms with Crippen LogP contribution in [-0.2, 0) is 15.0 Å². The summed E-state index contributed by atoms with van der Waals surface area (Å²) in [4.78, 5) is 28.8. The number of benzene rings is 1. The molecule has 1 spiro atoms. The molecule has 0 bridgehead atoms. The molecule has 1 aromatic carbocycles. The van der Waals surface area contributed by atoms with Gasteiger partial charge in [-0.25, -0.2) is 0 Å². The number of anilines is 1. The van der Waals surface area contributed by atoms with Crippen LogP contribution in [0.3, 0.4) is 0 Å². The van der Waals surface area contributed by atoms with E-state index in [2.05, 4.69) is 23.1 Å². The fourth-order valence-electron chi connectivity index (χ4n) is 5.43. The van der Waals surface area contributed by atoms with Crippen LogP contribution in [0.15, 0.2) is 24.3 Å². The highest BCUT2D eigenvalue weighted by Gasteiger charge is 2.51. The van der Waals surface area contributed by atoms with Crippen LogP contribution in [-0.4, -0.2) is 42.8 Å². The Morgan fingerprint density at radius 2 is 1.92 bits per heavy atom. The molecule has 1 atom stereocenters. The van der Waals surface area contributed by atoms with Crippen LogP contribution in [0, 0.1) is 5.92 Å². The molecule has 2 aliphatic heterocycles. The lowest BCUT2D eigenvalue weighted by molar-refractivity contribution is -0.124. The largest absolute Gasteiger partial charge is 0.314 e. The number of ketones is 1. The summed E-state index contributed by atoms with van der Waals surface area (Å²) < 4.78 is 0. The second-order valence-corrected chi connectivity index (χ2v) is 8.25. The average molecular weight is 340 g/mol. The van der Waals surface area contributed by atoms with Gasteiger partial charge in [0.15, 0.2) is 0 Å². The Bertz CT molecular complexity index is 691. The van der Waals surface area contributed by atoms with Crippen LogP contribution in [0.1, 0.15) is 51.0 Å². The number of carbonyl (C=O) groups is 2. The molecule has 0 N–H and O–H groups in total. The van der Waals surface area contributed by atoms with Crippen molar-refractivity contribution in [1.29, 1.82) is 0 Å². The van der Waals surface area contributed by atoms with Gasteiger partial charge in [-0.1, -0.05) is 18.2 Å². The maximum atomic E-state index is 13.0. The minimum absolute atomic E-state index is 0.281. The van der Waals surface area contributed by atoms with Crippen LogP contribution in [0.2, 0.25) is 0 Å². The molecule has 0 aromatic heterocycles. The normalized spacial score (nSPS) is 32.4. The lowest BCUT2D eigenvalue weighted by atomic mass is 9.68. The number of hydrogen-bond acceptors (Lipinski definition) is 3. The van der Waals surface area contributed by atoms with Gasteiger partial charge in [0.2, 0.25) is 5.91 Å². The molecule has 0 radical (unpaired) electrons. The van der Waals surface area contributed by atoms with Crippen molar-refractivity contribution in [2.75, 3.05) is 25.0 Å². The molecule has 2 fully saturated rings. The highest BCUT2D eigenvalue weighted by molar-refractivity contribution is 6.07. The van der Waals surface area contributed by atoms with Gasteiger partial charge < -0.3 is 14.6 Å². The number of likely N-dealkylation sites (tertiary alicyclic amines) is 1. The maximum absolute atomic E-state index is 13.0. The van der Waals surface area contributed by atoms with Crippen LogP contribution in [0.5, 0.6) is 0 Å². The van der Waals surface area contributed by atoms with E-state index in [9.17, 15) is 9.59 Å². The molecule has 1 saturated carbocycles. The van der Waals surface area contributed by atoms with Crippen LogP contribution in [0.25, 0.3) is 0 Å². The highest BCUT2D eigenvalue weighted by atomic mass is 16.2. The molecule has 4 nitrogen and oxygen atoms in total. The van der Waals surface area contributed by atoms with E-state index in [0.717, 1.165) is 57.3 Å². The molecule has 134 valence electrons. The van der Waals surface area contributed by atoms with E-state index in [1.54, 1.807) is 6.92 Å². The van der Waals surface area contributed by atoms with Crippen molar-refractivity contribution >= 4 is 17.4 Å². The van der Waals surface area contributed by atoms with Crippen molar-refractivity contribution in [3.05, 3.63) is 29.8 Å². The minimum Gasteiger partial charge on any atom is -0.314 e. The van der Waals surface area contributed by atoms with E-state index in [-0.39, 0.29) is 11.3 Å². The van der Waals surface area contributed by atoms with Gasteiger partial charge in [0.05, 0.1) is 5.41 Å². The van der Waals surface area contributed by atoms with Crippen molar-refractivity contribution in [2.45, 2.75) is 56.9 Å². The second kappa shape index (κ2) is 6.24. The Morgan fingerprint density at radius 1 is 1.20 bits per heavy atom. The summed E-state index contributed by atoms with van der Waals surface area (Å²) in [6, 6.07) is 8.88. The molecule has 1 aromatic rings. The number of likely N-dealkylation sites (N-methyl/N-ethyl adjacent to an activating group) is 1. The van der Waals surface area contributed by atoms with Crippen LogP contribution < -0.4 is 4.90 Å². The Labute approximate surface area is 150 Å². The van der Waals surface area contributed by atoms with Crippen molar-refractivity contribution in [2.24, 2.45) is 5.92 Å². The summed E-state index contributed by atoms with van der Waals surface area (Å²) in [6.07, 6.45) is 5.94. The number of nitrogens with zero attached hydrogens (tertiary/aromatic N) is 2. The summed E-state index contributed by atoms with van der Waals surface area (Å²) in [5.41, 5.74) is 2.03. The van der Waals surface area contributed by atoms with E-state index in [1.807, 2.05) is 18.0 Å². The van der Waals surface area contributed by atoms with Crippen LogP contribution >= 0.6 is 0 Å². The molecule has 1 amide bonds. The quantitative estimate of drug-likeness (QED) is 0.849. The third kappa shape index (κ3) is 2.71. The SMILES string of the molecule is CC(=O)C[C@H]1CCN(C2CCC3(CC2)C(=O)N(C)c2ccccc23)C1. The molecule has 1 aliphatic carbocycles. The van der Waals surface area contributed by atoms with Gasteiger partial charge in [0.25, 0.3) is 0 Å². The number of rotatable bonds is 3. The third-order valence-electron chi connectivity index (χ3n) is 6.71. The van der Waals surface area contributed by atoms with Crippen molar-refractivity contribution in [3.63, 3.8) is 0 Å². The molecule has 4 heteroatoms. The summed E-state index contributed by atoms with van der Waals surface area (Å²) in [5, 5.41) is 0. The molecular formula is C21H28N2O2. The third-order valence-corrected chi connectivity index (χ3v) is 6.71. The van der Waals surface area contributed by atoms with E-state index in [1.165, 1.54) is 5.56 Å². The summed E-state index contributed by atoms with van der Waals surface area (Å²) in [7, 11) is 1.91. The zero-order valence-corrected chi connectivity index (χ0v) is 15.3. The zero-order valence-electron chi connectivity index (χ0n) is 15.3. The lowest BCUT2D eigenvalue weighted by Gasteiger charge is -2.39. The van der Waals surface area contributed by atoms with E-state index < -0.39 is 0 Å². The summed E-state index contributed by atoms with van der Waals surface area (Å²) in [5.74, 6) is 1.13. The van der Waals surface area contributed by atoms with Crippen molar-refractivity contribution < 1.29 is 9.59 Å². The Hall–Kier alpha value is -1.68. The molecule has 4 rings (SSSR count). The summed E-state index contributed by atoms with van der Waals surface area (Å²) in [6.45, 7) is 3.87. The fourth-order valence-corrected chi connectivity index (χ4v) is 5.43. The monoisotopic (exact) mass is 340 g/mol. The van der Waals surface area contributed by atoms with Gasteiger partial charge in [0, 0.05) is 31.7 Å². The Balaban J connectivity index is 1.46. The van der Waals surface area contributed by atoms with E-state index in [0.29, 0.717) is 17.7 Å². The van der Waals surface area contributed by atoms with Crippen molar-refractivity contribution in [1.82, 2.24) is 4.90 Å². The molecule has 0 unspecified atom stereocenters. The first-order chi connectivity index (χ1) is 12.0. The maximum Gasteiger partial charge on any atom is 0.237 e. The Kier molecular flexibility index (Phi) is 4.19. The molecule has 2 heterocycles. The first kappa shape index (κ1) is 16.8. The fraction of sp³-hybridized carbons (Fsp3) is 0.619. The van der Waals surface area contributed by atoms with E-state index in [4.69, 9.17) is 0 Å². The van der Waals surface area contributed by atoms with E-state index >= 15 is 0 Å². The number of Topliss-reactive ketones (excluding diaryl/α,β-unsaturated/α-hetero) is 1. The smallest absolute Gasteiger partial charge is 0.237 e. The van der Waals surface area contributed by atoms with Crippen LogP contribution in [0.4, 0.5) is 5.69 Å². The second-order valence-electron chi connectivity index (χ2n) is 8.25. The Morgan fingerprint density at radius 3 is 2.64 bits per heavy atom. The predicted molar refractivity (Wildman–Crippen MR) is 98.8 cm³/mol. The highest BCUT2D eigenvalue weighted by Crippen LogP contribution is 2.50. The molecule has 25 heavy (non-hydrogen) atoms. The van der Waals surface area contributed by atoms with Crippen molar-refractivity contribution in [3.8, 4) is 0 Å². The zero-order chi connectivity index (χ0) is 17.6. The lowest BCUT2D eigenvalue weighted by Crippen LogP contribution is -2.46. The molecular weight excluding hydrogens is 312 g/mol. The van der Waals surface area contributed by atoms with Gasteiger partial charge in [-0.05, 0) is 63.1 Å². The first-order valence-corrected chi connectivity index (χ1v) is 9.62. The average Bonchev–Trinajstić information content (AvgIpc) is 3.14. The van der Waals surface area contributed by atoms with Gasteiger partial charge >= 0.3 is 0 Å². The van der Waals surface area contributed by atoms with Gasteiger partial charge in [-0.3, -0.25) is 4.79 Å².